The van der Waals surface area contributed by atoms with Crippen LogP contribution in [0, 0.1) is 0 Å². The lowest BCUT2D eigenvalue weighted by Gasteiger charge is -2.12. The van der Waals surface area contributed by atoms with Crippen molar-refractivity contribution in [3.63, 3.8) is 0 Å². The molecule has 18 heavy (non-hydrogen) atoms. The van der Waals surface area contributed by atoms with Crippen molar-refractivity contribution in [2.75, 3.05) is 0 Å². The molecule has 2 aromatic rings. The Morgan fingerprint density at radius 2 is 2.00 bits per heavy atom. The Morgan fingerprint density at radius 3 is 2.61 bits per heavy atom. The monoisotopic (exact) mass is 251 g/mol. The smallest absolute Gasteiger partial charge is 0.333 e. The van der Waals surface area contributed by atoms with Gasteiger partial charge in [0.25, 0.3) is 0 Å². The fraction of sp³-hybridized carbons (Fsp3) is 0.273. The second kappa shape index (κ2) is 4.84. The van der Waals surface area contributed by atoms with Gasteiger partial charge in [0.05, 0.1) is 11.9 Å². The zero-order valence-electron chi connectivity index (χ0n) is 9.35. The summed E-state index contributed by atoms with van der Waals surface area (Å²) < 4.78 is 38.9. The van der Waals surface area contributed by atoms with E-state index >= 15 is 0 Å². The summed E-state index contributed by atoms with van der Waals surface area (Å²) >= 11 is 0. The summed E-state index contributed by atoms with van der Waals surface area (Å²) in [6.45, 7) is 0.0949. The normalized spacial score (nSPS) is 11.7. The highest BCUT2D eigenvalue weighted by Crippen LogP contribution is 2.28. The maximum absolute atomic E-state index is 12.7. The van der Waals surface area contributed by atoms with Crippen LogP contribution in [0.4, 0.5) is 13.2 Å². The molecule has 2 radical (unpaired) electrons. The minimum atomic E-state index is -4.45. The number of aromatic nitrogens is 3. The molecule has 0 fully saturated rings. The maximum Gasteiger partial charge on any atom is 0.432 e. The molecule has 0 bridgehead atoms. The van der Waals surface area contributed by atoms with Crippen molar-refractivity contribution < 1.29 is 13.2 Å². The Bertz CT molecular complexity index is 522. The minimum absolute atomic E-state index is 0.0949. The molecular weight excluding hydrogens is 242 g/mol. The van der Waals surface area contributed by atoms with E-state index in [9.17, 15) is 13.2 Å². The number of halogens is 3. The Balaban J connectivity index is 2.17. The minimum Gasteiger partial charge on any atom is -0.333 e. The van der Waals surface area contributed by atoms with Crippen LogP contribution in [-0.4, -0.2) is 22.4 Å². The van der Waals surface area contributed by atoms with Gasteiger partial charge in [0.1, 0.15) is 5.69 Å². The lowest BCUT2D eigenvalue weighted by Crippen LogP contribution is -2.25. The molecule has 92 valence electrons. The molecule has 0 aliphatic heterocycles. The van der Waals surface area contributed by atoms with Crippen molar-refractivity contribution in [1.29, 1.82) is 0 Å². The van der Waals surface area contributed by atoms with E-state index < -0.39 is 11.9 Å². The first-order chi connectivity index (χ1) is 8.48. The van der Waals surface area contributed by atoms with Crippen LogP contribution in [0.5, 0.6) is 0 Å². The molecule has 0 atom stereocenters. The maximum atomic E-state index is 12.7. The van der Waals surface area contributed by atoms with Gasteiger partial charge in [-0.25, -0.2) is 0 Å². The molecule has 0 aliphatic carbocycles. The highest BCUT2D eigenvalue weighted by Gasteiger charge is 2.35. The summed E-state index contributed by atoms with van der Waals surface area (Å²) in [5, 5.41) is 0. The van der Waals surface area contributed by atoms with Crippen molar-refractivity contribution >= 4 is 13.6 Å². The first-order valence-electron chi connectivity index (χ1n) is 5.26. The number of hydrogen-bond donors (Lipinski definition) is 0. The van der Waals surface area contributed by atoms with Gasteiger partial charge in [-0.15, -0.1) is 0 Å². The third-order valence-electron chi connectivity index (χ3n) is 2.49. The molecule has 3 nitrogen and oxygen atoms in total. The van der Waals surface area contributed by atoms with Gasteiger partial charge in [0, 0.05) is 24.9 Å². The molecule has 0 unspecified atom stereocenters. The third-order valence-corrected chi connectivity index (χ3v) is 2.49. The Morgan fingerprint density at radius 1 is 1.22 bits per heavy atom. The molecular formula is C11H9BF3N3. The van der Waals surface area contributed by atoms with Gasteiger partial charge in [-0.1, -0.05) is 6.07 Å². The van der Waals surface area contributed by atoms with Crippen LogP contribution in [0.15, 0.2) is 30.6 Å². The standard InChI is InChI=1S/C11H9BF3N3/c12-10-17-7-9(11(13,14)15)18(10)6-4-8-3-1-2-5-16-8/h1-3,5,7H,4,6H2. The van der Waals surface area contributed by atoms with Crippen LogP contribution in [0.25, 0.3) is 0 Å². The van der Waals surface area contributed by atoms with E-state index in [-0.39, 0.29) is 12.3 Å². The number of nitrogens with zero attached hydrogens (tertiary/aromatic N) is 3. The number of imidazole rings is 1. The highest BCUT2D eigenvalue weighted by molar-refractivity contribution is 6.29. The number of aryl methyl sites for hydroxylation is 1. The third kappa shape index (κ3) is 2.72. The van der Waals surface area contributed by atoms with Gasteiger partial charge in [-0.2, -0.15) is 13.2 Å². The van der Waals surface area contributed by atoms with Crippen LogP contribution in [0.1, 0.15) is 11.4 Å². The number of pyridine rings is 1. The highest BCUT2D eigenvalue weighted by atomic mass is 19.4. The zero-order valence-corrected chi connectivity index (χ0v) is 9.35. The Kier molecular flexibility index (Phi) is 3.40. The quantitative estimate of drug-likeness (QED) is 0.770. The molecule has 0 aromatic carbocycles. The largest absolute Gasteiger partial charge is 0.432 e. The molecule has 0 spiro atoms. The van der Waals surface area contributed by atoms with E-state index in [1.54, 1.807) is 24.4 Å². The lowest BCUT2D eigenvalue weighted by atomic mass is 10.1. The van der Waals surface area contributed by atoms with Crippen molar-refractivity contribution in [2.45, 2.75) is 19.1 Å². The predicted octanol–water partition coefficient (Wildman–Crippen LogP) is 1.33. The second-order valence-electron chi connectivity index (χ2n) is 3.72. The summed E-state index contributed by atoms with van der Waals surface area (Å²) in [5.41, 5.74) is -0.270. The van der Waals surface area contributed by atoms with Gasteiger partial charge >= 0.3 is 6.18 Å². The van der Waals surface area contributed by atoms with E-state index in [0.717, 1.165) is 10.8 Å². The summed E-state index contributed by atoms with van der Waals surface area (Å²) in [6.07, 6.45) is -1.75. The fourth-order valence-electron chi connectivity index (χ4n) is 1.62. The van der Waals surface area contributed by atoms with Gasteiger partial charge in [-0.3, -0.25) is 9.97 Å². The molecule has 0 saturated carbocycles. The van der Waals surface area contributed by atoms with E-state index in [4.69, 9.17) is 7.85 Å². The molecule has 0 saturated heterocycles. The molecule has 2 aromatic heterocycles. The summed E-state index contributed by atoms with van der Waals surface area (Å²) in [6, 6.07) is 5.28. The van der Waals surface area contributed by atoms with Crippen molar-refractivity contribution in [3.05, 3.63) is 42.0 Å². The van der Waals surface area contributed by atoms with Crippen LogP contribution in [-0.2, 0) is 19.1 Å². The van der Waals surface area contributed by atoms with Gasteiger partial charge in [0.15, 0.2) is 7.85 Å². The first-order valence-corrected chi connectivity index (χ1v) is 5.26. The lowest BCUT2D eigenvalue weighted by molar-refractivity contribution is -0.143. The van der Waals surface area contributed by atoms with Crippen molar-refractivity contribution in [1.82, 2.24) is 14.5 Å². The summed E-state index contributed by atoms with van der Waals surface area (Å²) in [4.78, 5) is 7.54. The second-order valence-corrected chi connectivity index (χ2v) is 3.72. The fourth-order valence-corrected chi connectivity index (χ4v) is 1.62. The molecule has 0 N–H and O–H groups in total. The Hall–Kier alpha value is -1.79. The average Bonchev–Trinajstić information content (AvgIpc) is 2.69. The van der Waals surface area contributed by atoms with Crippen molar-refractivity contribution in [2.24, 2.45) is 0 Å². The SMILES string of the molecule is [B]c1ncc(C(F)(F)F)n1CCc1ccccn1. The number of alkyl halides is 3. The number of hydrogen-bond acceptors (Lipinski definition) is 2. The number of rotatable bonds is 3. The molecule has 2 rings (SSSR count). The van der Waals surface area contributed by atoms with Gasteiger partial charge in [0.2, 0.25) is 0 Å². The van der Waals surface area contributed by atoms with Crippen LogP contribution in [0.3, 0.4) is 0 Å². The van der Waals surface area contributed by atoms with Gasteiger partial charge < -0.3 is 4.57 Å². The van der Waals surface area contributed by atoms with Crippen LogP contribution in [0.2, 0.25) is 0 Å². The molecule has 0 aliphatic rings. The Labute approximate surface area is 103 Å². The van der Waals surface area contributed by atoms with E-state index in [2.05, 4.69) is 9.97 Å². The van der Waals surface area contributed by atoms with E-state index in [0.29, 0.717) is 12.1 Å². The average molecular weight is 251 g/mol. The molecule has 2 heterocycles. The van der Waals surface area contributed by atoms with E-state index in [1.165, 1.54) is 0 Å². The van der Waals surface area contributed by atoms with Crippen molar-refractivity contribution in [3.8, 4) is 0 Å². The van der Waals surface area contributed by atoms with E-state index in [1.807, 2.05) is 0 Å². The molecule has 7 heteroatoms. The first kappa shape index (κ1) is 12.7. The molecule has 0 amide bonds. The summed E-state index contributed by atoms with van der Waals surface area (Å²) in [5.74, 6) is 0. The zero-order chi connectivity index (χ0) is 13.2. The summed E-state index contributed by atoms with van der Waals surface area (Å²) in [7, 11) is 5.43. The van der Waals surface area contributed by atoms with Gasteiger partial charge in [-0.05, 0) is 12.1 Å². The van der Waals surface area contributed by atoms with Crippen LogP contribution >= 0.6 is 0 Å². The van der Waals surface area contributed by atoms with Crippen LogP contribution < -0.4 is 5.72 Å². The topological polar surface area (TPSA) is 30.7 Å². The predicted molar refractivity (Wildman–Crippen MR) is 60.6 cm³/mol.